The van der Waals surface area contributed by atoms with Crippen molar-refractivity contribution in [2.45, 2.75) is 6.18 Å². The lowest BCUT2D eigenvalue weighted by molar-refractivity contribution is -0.125. The Hall–Kier alpha value is -3.12. The Bertz CT molecular complexity index is 1020. The third-order valence-corrected chi connectivity index (χ3v) is 5.04. The summed E-state index contributed by atoms with van der Waals surface area (Å²) >= 11 is 6.30. The molecule has 2 heterocycles. The first-order valence-corrected chi connectivity index (χ1v) is 9.97. The Balaban J connectivity index is 1.53. The van der Waals surface area contributed by atoms with Crippen molar-refractivity contribution in [2.24, 2.45) is 0 Å². The van der Waals surface area contributed by atoms with E-state index in [-0.39, 0.29) is 11.6 Å². The van der Waals surface area contributed by atoms with Crippen LogP contribution in [0.5, 0.6) is 0 Å². The molecule has 32 heavy (non-hydrogen) atoms. The van der Waals surface area contributed by atoms with Crippen LogP contribution in [0, 0.1) is 0 Å². The first-order valence-electron chi connectivity index (χ1n) is 9.59. The fraction of sp³-hybridized carbons (Fsp3) is 0.368. The van der Waals surface area contributed by atoms with Crippen LogP contribution in [0.1, 0.15) is 0 Å². The Morgan fingerprint density at radius 3 is 2.38 bits per heavy atom. The number of carbonyl (C=O) groups excluding carboxylic acids is 2. The predicted octanol–water partition coefficient (Wildman–Crippen LogP) is 1.40. The molecule has 13 heteroatoms. The van der Waals surface area contributed by atoms with Gasteiger partial charge in [0, 0.05) is 26.2 Å². The van der Waals surface area contributed by atoms with E-state index in [0.29, 0.717) is 37.6 Å². The van der Waals surface area contributed by atoms with Gasteiger partial charge in [-0.1, -0.05) is 29.8 Å². The van der Waals surface area contributed by atoms with Gasteiger partial charge in [0.1, 0.15) is 11.6 Å². The minimum Gasteiger partial charge on any atom is -0.366 e. The van der Waals surface area contributed by atoms with Gasteiger partial charge in [-0.25, -0.2) is 4.79 Å². The van der Waals surface area contributed by atoms with Gasteiger partial charge in [-0.15, -0.1) is 0 Å². The number of imide groups is 1. The summed E-state index contributed by atoms with van der Waals surface area (Å²) in [4.78, 5) is 39.5. The second-order valence-corrected chi connectivity index (χ2v) is 7.38. The molecular formula is C19H20ClF3N6O3. The zero-order valence-corrected chi connectivity index (χ0v) is 17.5. The van der Waals surface area contributed by atoms with Crippen LogP contribution in [-0.2, 0) is 4.79 Å². The first kappa shape index (κ1) is 23.5. The molecule has 1 aliphatic rings. The largest absolute Gasteiger partial charge is 0.405 e. The summed E-state index contributed by atoms with van der Waals surface area (Å²) < 4.78 is 37.5. The number of carbonyl (C=O) groups is 2. The van der Waals surface area contributed by atoms with E-state index in [2.05, 4.69) is 5.10 Å². The van der Waals surface area contributed by atoms with E-state index >= 15 is 0 Å². The highest BCUT2D eigenvalue weighted by molar-refractivity contribution is 6.33. The second kappa shape index (κ2) is 10.0. The van der Waals surface area contributed by atoms with Crippen LogP contribution in [0.4, 0.5) is 23.7 Å². The number of piperazine rings is 1. The van der Waals surface area contributed by atoms with Crippen LogP contribution in [0.3, 0.4) is 0 Å². The molecule has 1 saturated heterocycles. The number of aromatic nitrogens is 2. The van der Waals surface area contributed by atoms with Crippen molar-refractivity contribution in [3.05, 3.63) is 51.9 Å². The summed E-state index contributed by atoms with van der Waals surface area (Å²) in [6.45, 7) is 0.0103. The number of nitrogens with zero attached hydrogens (tertiary/aromatic N) is 4. The summed E-state index contributed by atoms with van der Waals surface area (Å²) in [6, 6.07) is 7.64. The van der Waals surface area contributed by atoms with Gasteiger partial charge in [0.25, 0.3) is 5.56 Å². The van der Waals surface area contributed by atoms with Gasteiger partial charge < -0.3 is 10.2 Å². The minimum atomic E-state index is -4.56. The van der Waals surface area contributed by atoms with E-state index in [0.717, 1.165) is 0 Å². The number of hydrogen-bond donors (Lipinski definition) is 2. The molecule has 0 spiro atoms. The van der Waals surface area contributed by atoms with Crippen molar-refractivity contribution in [1.82, 2.24) is 25.3 Å². The van der Waals surface area contributed by atoms with Gasteiger partial charge in [-0.05, 0) is 12.1 Å². The fourth-order valence-electron chi connectivity index (χ4n) is 3.14. The molecule has 0 bridgehead atoms. The molecule has 0 atom stereocenters. The maximum Gasteiger partial charge on any atom is 0.405 e. The van der Waals surface area contributed by atoms with E-state index in [4.69, 9.17) is 11.6 Å². The quantitative estimate of drug-likeness (QED) is 0.682. The second-order valence-electron chi connectivity index (χ2n) is 7.01. The van der Waals surface area contributed by atoms with Gasteiger partial charge in [0.2, 0.25) is 5.91 Å². The van der Waals surface area contributed by atoms with Gasteiger partial charge in [-0.3, -0.25) is 19.8 Å². The molecule has 2 aromatic rings. The van der Waals surface area contributed by atoms with Crippen molar-refractivity contribution in [1.29, 1.82) is 0 Å². The molecule has 3 amide bonds. The molecule has 0 aliphatic carbocycles. The van der Waals surface area contributed by atoms with Crippen molar-refractivity contribution in [3.63, 3.8) is 0 Å². The molecule has 0 unspecified atom stereocenters. The van der Waals surface area contributed by atoms with Crippen molar-refractivity contribution < 1.29 is 22.8 Å². The molecule has 9 nitrogen and oxygen atoms in total. The van der Waals surface area contributed by atoms with Crippen LogP contribution in [-0.4, -0.2) is 72.1 Å². The minimum absolute atomic E-state index is 0.0244. The third kappa shape index (κ3) is 6.20. The molecule has 3 rings (SSSR count). The standard InChI is InChI=1S/C19H20ClF3N6O3/c20-16-14(10-25-29(17(16)31)13-4-2-1-3-5-13)28-8-6-27(7-9-28)11-15(30)26-18(32)24-12-19(21,22)23/h1-5,10H,6-9,11-12H2,(H2,24,26,30,32). The van der Waals surface area contributed by atoms with Crippen molar-refractivity contribution in [3.8, 4) is 5.69 Å². The first-order chi connectivity index (χ1) is 15.1. The lowest BCUT2D eigenvalue weighted by Gasteiger charge is -2.35. The molecule has 1 fully saturated rings. The van der Waals surface area contributed by atoms with E-state index < -0.39 is 30.2 Å². The van der Waals surface area contributed by atoms with Crippen molar-refractivity contribution >= 4 is 29.2 Å². The molecule has 2 N–H and O–H groups in total. The molecule has 1 aliphatic heterocycles. The Morgan fingerprint density at radius 1 is 1.09 bits per heavy atom. The van der Waals surface area contributed by atoms with Crippen LogP contribution >= 0.6 is 11.6 Å². The summed E-state index contributed by atoms with van der Waals surface area (Å²) in [5.41, 5.74) is 0.600. The normalized spacial score (nSPS) is 14.8. The number of urea groups is 1. The predicted molar refractivity (Wildman–Crippen MR) is 111 cm³/mol. The molecule has 1 aromatic carbocycles. The zero-order valence-electron chi connectivity index (χ0n) is 16.7. The number of para-hydroxylation sites is 1. The maximum absolute atomic E-state index is 12.6. The number of hydrogen-bond acceptors (Lipinski definition) is 6. The number of benzene rings is 1. The highest BCUT2D eigenvalue weighted by Crippen LogP contribution is 2.23. The number of rotatable bonds is 5. The maximum atomic E-state index is 12.6. The van der Waals surface area contributed by atoms with Gasteiger partial charge in [0.05, 0.1) is 24.1 Å². The van der Waals surface area contributed by atoms with E-state index in [9.17, 15) is 27.6 Å². The monoisotopic (exact) mass is 472 g/mol. The van der Waals surface area contributed by atoms with Crippen LogP contribution in [0.25, 0.3) is 5.69 Å². The summed E-state index contributed by atoms with van der Waals surface area (Å²) in [6.07, 6.45) is -3.06. The zero-order chi connectivity index (χ0) is 23.3. The topological polar surface area (TPSA) is 99.6 Å². The van der Waals surface area contributed by atoms with Crippen LogP contribution < -0.4 is 21.1 Å². The smallest absolute Gasteiger partial charge is 0.366 e. The Morgan fingerprint density at radius 2 is 1.75 bits per heavy atom. The number of halogens is 4. The summed E-state index contributed by atoms with van der Waals surface area (Å²) in [5.74, 6) is -0.719. The molecule has 0 radical (unpaired) electrons. The summed E-state index contributed by atoms with van der Waals surface area (Å²) in [5, 5.41) is 7.65. The third-order valence-electron chi connectivity index (χ3n) is 4.68. The lowest BCUT2D eigenvalue weighted by atomic mass is 10.2. The molecule has 0 saturated carbocycles. The molecular weight excluding hydrogens is 453 g/mol. The fourth-order valence-corrected chi connectivity index (χ4v) is 3.39. The Labute approximate surface area is 185 Å². The lowest BCUT2D eigenvalue weighted by Crippen LogP contribution is -2.51. The molecule has 1 aromatic heterocycles. The number of amides is 3. The van der Waals surface area contributed by atoms with Crippen LogP contribution in [0.2, 0.25) is 5.02 Å². The summed E-state index contributed by atoms with van der Waals surface area (Å²) in [7, 11) is 0. The van der Waals surface area contributed by atoms with Gasteiger partial charge >= 0.3 is 12.2 Å². The van der Waals surface area contributed by atoms with Gasteiger partial charge in [-0.2, -0.15) is 23.0 Å². The number of anilines is 1. The highest BCUT2D eigenvalue weighted by atomic mass is 35.5. The van der Waals surface area contributed by atoms with Gasteiger partial charge in [0.15, 0.2) is 0 Å². The van der Waals surface area contributed by atoms with E-state index in [1.54, 1.807) is 34.5 Å². The average molecular weight is 473 g/mol. The average Bonchev–Trinajstić information content (AvgIpc) is 2.75. The van der Waals surface area contributed by atoms with E-state index in [1.165, 1.54) is 10.9 Å². The highest BCUT2D eigenvalue weighted by Gasteiger charge is 2.28. The van der Waals surface area contributed by atoms with Crippen molar-refractivity contribution in [2.75, 3.05) is 44.2 Å². The number of nitrogens with one attached hydrogen (secondary N) is 2. The van der Waals surface area contributed by atoms with Crippen LogP contribution in [0.15, 0.2) is 41.3 Å². The number of alkyl halides is 3. The van der Waals surface area contributed by atoms with E-state index in [1.807, 2.05) is 16.3 Å². The Kier molecular flexibility index (Phi) is 7.36. The molecule has 172 valence electrons. The SMILES string of the molecule is O=C(CN1CCN(c2cnn(-c3ccccc3)c(=O)c2Cl)CC1)NC(=O)NCC(F)(F)F.